The number of halogens is 1. The van der Waals surface area contributed by atoms with Crippen LogP contribution in [0.1, 0.15) is 5.69 Å². The van der Waals surface area contributed by atoms with E-state index in [1.807, 2.05) is 36.4 Å². The van der Waals surface area contributed by atoms with Gasteiger partial charge in [-0.2, -0.15) is 0 Å². The molecule has 5 nitrogen and oxygen atoms in total. The third-order valence-electron chi connectivity index (χ3n) is 4.58. The van der Waals surface area contributed by atoms with Crippen molar-refractivity contribution in [3.63, 3.8) is 0 Å². The first-order chi connectivity index (χ1) is 12.2. The molecule has 0 unspecified atom stereocenters. The third kappa shape index (κ3) is 3.38. The lowest BCUT2D eigenvalue weighted by molar-refractivity contribution is 0.247. The normalized spacial score (nSPS) is 15.6. The molecule has 0 spiro atoms. The van der Waals surface area contributed by atoms with E-state index in [0.717, 1.165) is 42.6 Å². The second-order valence-electron chi connectivity index (χ2n) is 6.23. The fraction of sp³-hybridized carbons (Fsp3) is 0.263. The minimum atomic E-state index is -0.0321. The van der Waals surface area contributed by atoms with Gasteiger partial charge in [0, 0.05) is 45.0 Å². The molecule has 0 atom stereocenters. The van der Waals surface area contributed by atoms with E-state index in [9.17, 15) is 4.79 Å². The van der Waals surface area contributed by atoms with E-state index < -0.39 is 0 Å². The smallest absolute Gasteiger partial charge is 0.258 e. The van der Waals surface area contributed by atoms with Crippen molar-refractivity contribution in [2.24, 2.45) is 0 Å². The van der Waals surface area contributed by atoms with Gasteiger partial charge >= 0.3 is 0 Å². The molecule has 1 fully saturated rings. The van der Waals surface area contributed by atoms with Gasteiger partial charge in [-0.25, -0.2) is 4.98 Å². The number of benzene rings is 1. The summed E-state index contributed by atoms with van der Waals surface area (Å²) in [6.45, 7) is 4.35. The van der Waals surface area contributed by atoms with Crippen molar-refractivity contribution >= 4 is 22.9 Å². The molecule has 3 heterocycles. The summed E-state index contributed by atoms with van der Waals surface area (Å²) in [5, 5.41) is 0.792. The Kier molecular flexibility index (Phi) is 4.42. The van der Waals surface area contributed by atoms with Gasteiger partial charge in [-0.3, -0.25) is 14.1 Å². The average Bonchev–Trinajstić information content (AvgIpc) is 2.63. The summed E-state index contributed by atoms with van der Waals surface area (Å²) in [5.41, 5.74) is 2.57. The van der Waals surface area contributed by atoms with Gasteiger partial charge in [-0.05, 0) is 24.3 Å². The first kappa shape index (κ1) is 16.1. The second kappa shape index (κ2) is 6.86. The van der Waals surface area contributed by atoms with Crippen molar-refractivity contribution in [3.05, 3.63) is 75.8 Å². The van der Waals surface area contributed by atoms with Crippen LogP contribution in [0.25, 0.3) is 5.65 Å². The molecule has 0 radical (unpaired) electrons. The molecule has 2 aromatic heterocycles. The fourth-order valence-corrected chi connectivity index (χ4v) is 3.52. The summed E-state index contributed by atoms with van der Waals surface area (Å²) < 4.78 is 1.57. The molecule has 0 bridgehead atoms. The van der Waals surface area contributed by atoms with Crippen molar-refractivity contribution in [2.45, 2.75) is 6.54 Å². The molecule has 1 aromatic carbocycles. The lowest BCUT2D eigenvalue weighted by Crippen LogP contribution is -2.46. The number of nitrogens with zero attached hydrogens (tertiary/aromatic N) is 4. The molecule has 1 aliphatic heterocycles. The van der Waals surface area contributed by atoms with Crippen molar-refractivity contribution in [2.75, 3.05) is 31.1 Å². The summed E-state index contributed by atoms with van der Waals surface area (Å²) in [5.74, 6) is 0. The van der Waals surface area contributed by atoms with Crippen LogP contribution in [0.4, 0.5) is 5.69 Å². The summed E-state index contributed by atoms with van der Waals surface area (Å²) in [7, 11) is 0. The highest BCUT2D eigenvalue weighted by molar-refractivity contribution is 6.33. The Morgan fingerprint density at radius 3 is 2.56 bits per heavy atom. The number of rotatable bonds is 3. The van der Waals surface area contributed by atoms with Crippen LogP contribution in [0.3, 0.4) is 0 Å². The summed E-state index contributed by atoms with van der Waals surface area (Å²) in [4.78, 5) is 21.4. The first-order valence-electron chi connectivity index (χ1n) is 8.40. The molecule has 0 aliphatic carbocycles. The number of para-hydroxylation sites is 1. The van der Waals surface area contributed by atoms with Gasteiger partial charge < -0.3 is 4.90 Å². The Morgan fingerprint density at radius 1 is 1.00 bits per heavy atom. The predicted octanol–water partition coefficient (Wildman–Crippen LogP) is 2.67. The van der Waals surface area contributed by atoms with Gasteiger partial charge in [0.2, 0.25) is 0 Å². The van der Waals surface area contributed by atoms with E-state index in [1.165, 1.54) is 0 Å². The Bertz CT molecular complexity index is 947. The molecule has 1 aliphatic rings. The van der Waals surface area contributed by atoms with Crippen LogP contribution in [0.15, 0.2) is 59.5 Å². The molecule has 0 amide bonds. The highest BCUT2D eigenvalue weighted by Crippen LogP contribution is 2.26. The molecule has 25 heavy (non-hydrogen) atoms. The Hall–Kier alpha value is -2.37. The predicted molar refractivity (Wildman–Crippen MR) is 100 cm³/mol. The SMILES string of the molecule is O=c1cc(CN2CCN(c3ccccc3Cl)CC2)nc2ccccn12. The van der Waals surface area contributed by atoms with Gasteiger partial charge in [0.05, 0.1) is 16.4 Å². The summed E-state index contributed by atoms with van der Waals surface area (Å²) in [6, 6.07) is 15.2. The molecule has 3 aromatic rings. The molecule has 6 heteroatoms. The van der Waals surface area contributed by atoms with Gasteiger partial charge in [0.25, 0.3) is 5.56 Å². The number of hydrogen-bond acceptors (Lipinski definition) is 4. The van der Waals surface area contributed by atoms with E-state index in [2.05, 4.69) is 20.9 Å². The van der Waals surface area contributed by atoms with Crippen LogP contribution in [0.5, 0.6) is 0 Å². The minimum absolute atomic E-state index is 0.0321. The van der Waals surface area contributed by atoms with Crippen LogP contribution in [0, 0.1) is 0 Å². The van der Waals surface area contributed by atoms with Gasteiger partial charge in [0.1, 0.15) is 5.65 Å². The number of aromatic nitrogens is 2. The monoisotopic (exact) mass is 354 g/mol. The summed E-state index contributed by atoms with van der Waals surface area (Å²) >= 11 is 6.29. The van der Waals surface area contributed by atoms with Crippen LogP contribution < -0.4 is 10.5 Å². The number of pyridine rings is 1. The zero-order valence-corrected chi connectivity index (χ0v) is 14.6. The van der Waals surface area contributed by atoms with Crippen molar-refractivity contribution < 1.29 is 0 Å². The van der Waals surface area contributed by atoms with Crippen molar-refractivity contribution in [1.82, 2.24) is 14.3 Å². The maximum absolute atomic E-state index is 12.2. The van der Waals surface area contributed by atoms with Crippen molar-refractivity contribution in [1.29, 1.82) is 0 Å². The highest BCUT2D eigenvalue weighted by atomic mass is 35.5. The number of piperazine rings is 1. The molecule has 0 N–H and O–H groups in total. The Labute approximate surface area is 151 Å². The average molecular weight is 355 g/mol. The Morgan fingerprint density at radius 2 is 1.76 bits per heavy atom. The topological polar surface area (TPSA) is 40.9 Å². The van der Waals surface area contributed by atoms with E-state index in [-0.39, 0.29) is 5.56 Å². The second-order valence-corrected chi connectivity index (χ2v) is 6.64. The van der Waals surface area contributed by atoms with Gasteiger partial charge in [0.15, 0.2) is 0 Å². The van der Waals surface area contributed by atoms with Crippen LogP contribution in [0.2, 0.25) is 5.02 Å². The lowest BCUT2D eigenvalue weighted by Gasteiger charge is -2.36. The molecule has 1 saturated heterocycles. The van der Waals surface area contributed by atoms with E-state index >= 15 is 0 Å². The highest BCUT2D eigenvalue weighted by Gasteiger charge is 2.19. The van der Waals surface area contributed by atoms with E-state index in [1.54, 1.807) is 16.7 Å². The zero-order chi connectivity index (χ0) is 17.2. The van der Waals surface area contributed by atoms with Gasteiger partial charge in [-0.1, -0.05) is 29.8 Å². The maximum Gasteiger partial charge on any atom is 0.258 e. The zero-order valence-electron chi connectivity index (χ0n) is 13.8. The van der Waals surface area contributed by atoms with Crippen LogP contribution in [-0.2, 0) is 6.54 Å². The van der Waals surface area contributed by atoms with Crippen LogP contribution >= 0.6 is 11.6 Å². The molecular weight excluding hydrogens is 336 g/mol. The standard InChI is InChI=1S/C19H19ClN4O/c20-16-5-1-2-6-17(16)23-11-9-22(10-12-23)14-15-13-19(25)24-8-4-3-7-18(24)21-15/h1-8,13H,9-12,14H2. The molecule has 0 saturated carbocycles. The lowest BCUT2D eigenvalue weighted by atomic mass is 10.2. The Balaban J connectivity index is 1.45. The molecular formula is C19H19ClN4O. The quantitative estimate of drug-likeness (QED) is 0.725. The fourth-order valence-electron chi connectivity index (χ4n) is 3.27. The van der Waals surface area contributed by atoms with E-state index in [0.29, 0.717) is 12.2 Å². The maximum atomic E-state index is 12.2. The number of hydrogen-bond donors (Lipinski definition) is 0. The largest absolute Gasteiger partial charge is 0.368 e. The number of anilines is 1. The van der Waals surface area contributed by atoms with Gasteiger partial charge in [-0.15, -0.1) is 0 Å². The molecule has 4 rings (SSSR count). The van der Waals surface area contributed by atoms with Crippen molar-refractivity contribution in [3.8, 4) is 0 Å². The minimum Gasteiger partial charge on any atom is -0.368 e. The first-order valence-corrected chi connectivity index (χ1v) is 8.78. The molecule has 128 valence electrons. The van der Waals surface area contributed by atoms with Crippen LogP contribution in [-0.4, -0.2) is 40.5 Å². The summed E-state index contributed by atoms with van der Waals surface area (Å²) in [6.07, 6.45) is 1.75. The van der Waals surface area contributed by atoms with E-state index in [4.69, 9.17) is 11.6 Å². The third-order valence-corrected chi connectivity index (χ3v) is 4.89. The number of fused-ring (bicyclic) bond motifs is 1.